The number of hydrogen-bond acceptors (Lipinski definition) is 17. The SMILES string of the molecule is CCOc1cc2c(cc1OC)-c1cc(=Nc3c(C)cc(C)cc3C)n(CCN(O)C(=O)c3[nH]ncc3O)c(=O)n1CC2.CCOc1cc2c(cc1OC)-c1cc(=Nc3c(C)cc(C)cc3C)n(CCN(O)C(=O)c3[nH]nnc3OC)c(=O)n1CC2. The molecule has 2 aliphatic rings. The molecule has 25 heteroatoms. The minimum Gasteiger partial charge on any atom is -0.504 e. The van der Waals surface area contributed by atoms with Crippen molar-refractivity contribution in [2.24, 2.45) is 9.98 Å². The van der Waals surface area contributed by atoms with E-state index in [2.05, 4.69) is 25.6 Å². The highest BCUT2D eigenvalue weighted by molar-refractivity contribution is 5.94. The highest BCUT2D eigenvalue weighted by atomic mass is 16.5. The molecule has 10 rings (SSSR count). The zero-order chi connectivity index (χ0) is 61.0. The Balaban J connectivity index is 0.000000204. The van der Waals surface area contributed by atoms with E-state index in [1.54, 1.807) is 23.4 Å². The van der Waals surface area contributed by atoms with Crippen LogP contribution in [0.2, 0.25) is 0 Å². The summed E-state index contributed by atoms with van der Waals surface area (Å²) in [5.74, 6) is 0.323. The fourth-order valence-electron chi connectivity index (χ4n) is 10.9. The number of aromatic nitrogens is 9. The molecule has 446 valence electrons. The van der Waals surface area contributed by atoms with Crippen molar-refractivity contribution in [1.29, 1.82) is 0 Å². The van der Waals surface area contributed by atoms with Crippen LogP contribution in [-0.2, 0) is 39.0 Å². The smallest absolute Gasteiger partial charge is 0.330 e. The summed E-state index contributed by atoms with van der Waals surface area (Å²) in [5, 5.41) is 47.5. The second-order valence-electron chi connectivity index (χ2n) is 20.5. The van der Waals surface area contributed by atoms with E-state index in [0.717, 1.165) is 73.2 Å². The Hall–Kier alpha value is -9.75. The molecule has 0 atom stereocenters. The number of carbonyl (C=O) groups is 2. The summed E-state index contributed by atoms with van der Waals surface area (Å²) in [4.78, 5) is 63.5. The van der Waals surface area contributed by atoms with Gasteiger partial charge < -0.3 is 28.8 Å². The summed E-state index contributed by atoms with van der Waals surface area (Å²) in [6.45, 7) is 17.0. The first-order valence-electron chi connectivity index (χ1n) is 27.6. The summed E-state index contributed by atoms with van der Waals surface area (Å²) in [7, 11) is 4.50. The van der Waals surface area contributed by atoms with Crippen molar-refractivity contribution in [3.63, 3.8) is 0 Å². The zero-order valence-electron chi connectivity index (χ0n) is 49.4. The van der Waals surface area contributed by atoms with Gasteiger partial charge in [-0.3, -0.25) is 43.4 Å². The monoisotopic (exact) mass is 1160 g/mol. The van der Waals surface area contributed by atoms with E-state index in [0.29, 0.717) is 94.6 Å². The van der Waals surface area contributed by atoms with Crippen LogP contribution >= 0.6 is 0 Å². The zero-order valence-corrected chi connectivity index (χ0v) is 49.4. The van der Waals surface area contributed by atoms with Crippen molar-refractivity contribution >= 4 is 23.2 Å². The fourth-order valence-corrected chi connectivity index (χ4v) is 10.9. The molecular formula is C60H69N13O12. The van der Waals surface area contributed by atoms with Crippen LogP contribution in [0.25, 0.3) is 22.5 Å². The van der Waals surface area contributed by atoms with Crippen LogP contribution in [0, 0.1) is 41.5 Å². The van der Waals surface area contributed by atoms with E-state index in [1.807, 2.05) is 116 Å². The van der Waals surface area contributed by atoms with Crippen LogP contribution in [0.15, 0.2) is 86.4 Å². The minimum atomic E-state index is -0.876. The van der Waals surface area contributed by atoms with Gasteiger partial charge in [-0.2, -0.15) is 5.10 Å². The molecule has 0 radical (unpaired) electrons. The van der Waals surface area contributed by atoms with Gasteiger partial charge >= 0.3 is 17.3 Å². The van der Waals surface area contributed by atoms with Gasteiger partial charge in [-0.25, -0.2) is 34.8 Å². The standard InChI is InChI=1S/C30H35N7O6.C30H34N6O6/c1-7-43-24-14-20-8-9-35-22(21(20)15-23(24)41-5)16-25(31-26-18(3)12-17(2)13-19(26)4)36(30(35)39)10-11-37(40)29(38)27-28(42-6)33-34-32-27;1-6-42-25-13-20-7-8-34-22(21(20)14-24(25)41-5)15-26(32-27-18(3)11-17(2)12-19(27)4)35(30(34)39)9-10-36(40)29(38)28-23(37)16-31-33-28/h12-16,40H,7-11H2,1-6H3,(H,32,33,34);11-16,37,40H,6-10H2,1-5H3,(H,31,33). The number of H-pyrrole nitrogens is 2. The average molecular weight is 1160 g/mol. The van der Waals surface area contributed by atoms with Crippen LogP contribution in [0.3, 0.4) is 0 Å². The molecule has 0 aliphatic carbocycles. The number of hydrogen-bond donors (Lipinski definition) is 5. The molecular weight excluding hydrogens is 1090 g/mol. The third-order valence-corrected chi connectivity index (χ3v) is 14.8. The van der Waals surface area contributed by atoms with Gasteiger partial charge in [-0.05, 0) is 126 Å². The van der Waals surface area contributed by atoms with Crippen LogP contribution in [0.4, 0.5) is 11.4 Å². The van der Waals surface area contributed by atoms with E-state index >= 15 is 0 Å². The lowest BCUT2D eigenvalue weighted by Gasteiger charge is -2.25. The molecule has 5 N–H and O–H groups in total. The van der Waals surface area contributed by atoms with Crippen molar-refractivity contribution in [2.45, 2.75) is 94.4 Å². The number of benzene rings is 4. The van der Waals surface area contributed by atoms with Gasteiger partial charge in [0.2, 0.25) is 0 Å². The Labute approximate surface area is 488 Å². The van der Waals surface area contributed by atoms with E-state index in [-0.39, 0.29) is 60.6 Å². The van der Waals surface area contributed by atoms with Crippen molar-refractivity contribution in [3.05, 3.63) is 155 Å². The number of aromatic amines is 2. The maximum absolute atomic E-state index is 14.1. The minimum absolute atomic E-state index is 0.0342. The van der Waals surface area contributed by atoms with Crippen molar-refractivity contribution in [2.75, 3.05) is 47.6 Å². The van der Waals surface area contributed by atoms with Gasteiger partial charge in [0.15, 0.2) is 40.1 Å². The second kappa shape index (κ2) is 25.4. The number of aromatic hydroxyl groups is 1. The fraction of sp³-hybridized carbons (Fsp3) is 0.350. The number of amides is 2. The lowest BCUT2D eigenvalue weighted by atomic mass is 9.97. The molecule has 4 aromatic heterocycles. The predicted molar refractivity (Wildman–Crippen MR) is 312 cm³/mol. The van der Waals surface area contributed by atoms with E-state index in [9.17, 15) is 34.7 Å². The topological polar surface area (TPSA) is 296 Å². The Morgan fingerprint density at radius 3 is 1.42 bits per heavy atom. The number of aryl methyl sites for hydroxylation is 8. The molecule has 85 heavy (non-hydrogen) atoms. The molecule has 0 saturated heterocycles. The molecule has 0 bridgehead atoms. The number of methoxy groups -OCH3 is 3. The van der Waals surface area contributed by atoms with E-state index in [1.165, 1.54) is 16.2 Å². The molecule has 0 saturated carbocycles. The Morgan fingerprint density at radius 1 is 0.600 bits per heavy atom. The lowest BCUT2D eigenvalue weighted by molar-refractivity contribution is -0.0608. The van der Waals surface area contributed by atoms with Crippen molar-refractivity contribution in [1.82, 2.24) is 54.0 Å². The molecule has 2 aliphatic heterocycles. The number of ether oxygens (including phenoxy) is 5. The number of nitrogens with zero attached hydrogens (tertiary/aromatic N) is 11. The first-order chi connectivity index (χ1) is 40.8. The maximum atomic E-state index is 14.1. The van der Waals surface area contributed by atoms with E-state index in [4.69, 9.17) is 33.7 Å². The average Bonchev–Trinajstić information content (AvgIpc) is 3.09. The predicted octanol–water partition coefficient (Wildman–Crippen LogP) is 6.49. The Kier molecular flexibility index (Phi) is 17.9. The summed E-state index contributed by atoms with van der Waals surface area (Å²) >= 11 is 0. The number of fused-ring (bicyclic) bond motifs is 6. The number of hydroxylamine groups is 4. The molecule has 0 fully saturated rings. The van der Waals surface area contributed by atoms with Gasteiger partial charge in [0, 0.05) is 49.4 Å². The largest absolute Gasteiger partial charge is 0.504 e. The Bertz CT molecular complexity index is 4100. The van der Waals surface area contributed by atoms with Crippen molar-refractivity contribution < 1.29 is 48.8 Å². The molecule has 4 aromatic carbocycles. The van der Waals surface area contributed by atoms with Gasteiger partial charge in [0.25, 0.3) is 11.8 Å². The summed E-state index contributed by atoms with van der Waals surface area (Å²) in [6, 6.07) is 19.5. The normalized spacial score (nSPS) is 12.5. The Morgan fingerprint density at radius 2 is 1.04 bits per heavy atom. The first-order valence-corrected chi connectivity index (χ1v) is 27.6. The molecule has 2 amide bonds. The van der Waals surface area contributed by atoms with Crippen molar-refractivity contribution in [3.8, 4) is 57.1 Å². The molecule has 0 unspecified atom stereocenters. The quantitative estimate of drug-likeness (QED) is 0.0481. The summed E-state index contributed by atoms with van der Waals surface area (Å²) in [6.07, 6.45) is 2.28. The summed E-state index contributed by atoms with van der Waals surface area (Å²) in [5.41, 5.74) is 12.4. The number of rotatable bonds is 17. The molecule has 25 nitrogen and oxygen atoms in total. The van der Waals surface area contributed by atoms with Gasteiger partial charge in [0.05, 0.1) is 76.6 Å². The molecule has 6 heterocycles. The molecule has 8 aromatic rings. The van der Waals surface area contributed by atoms with Crippen LogP contribution in [0.1, 0.15) is 79.3 Å². The van der Waals surface area contributed by atoms with Crippen LogP contribution < -0.4 is 46.0 Å². The molecule has 0 spiro atoms. The summed E-state index contributed by atoms with van der Waals surface area (Å²) < 4.78 is 34.1. The van der Waals surface area contributed by atoms with Gasteiger partial charge in [-0.15, -0.1) is 0 Å². The van der Waals surface area contributed by atoms with Gasteiger partial charge in [-0.1, -0.05) is 45.7 Å². The maximum Gasteiger partial charge on any atom is 0.330 e. The number of carbonyl (C=O) groups excluding carboxylic acids is 2. The highest BCUT2D eigenvalue weighted by Crippen LogP contribution is 2.40. The van der Waals surface area contributed by atoms with Crippen LogP contribution in [-0.4, -0.2) is 129 Å². The van der Waals surface area contributed by atoms with Gasteiger partial charge in [0.1, 0.15) is 11.0 Å². The first kappa shape index (κ1) is 59.9. The van der Waals surface area contributed by atoms with Crippen LogP contribution in [0.5, 0.6) is 34.6 Å². The second-order valence-corrected chi connectivity index (χ2v) is 20.5. The third-order valence-electron chi connectivity index (χ3n) is 14.8. The number of nitrogens with one attached hydrogen (secondary N) is 2. The third kappa shape index (κ3) is 12.2. The van der Waals surface area contributed by atoms with E-state index < -0.39 is 11.8 Å². The lowest BCUT2D eigenvalue weighted by Crippen LogP contribution is -2.44. The highest BCUT2D eigenvalue weighted by Gasteiger charge is 2.27.